The van der Waals surface area contributed by atoms with Gasteiger partial charge in [0.2, 0.25) is 0 Å². The van der Waals surface area contributed by atoms with E-state index < -0.39 is 29.7 Å². The molecule has 4 rings (SSSR count). The Kier molecular flexibility index (Phi) is 4.04. The summed E-state index contributed by atoms with van der Waals surface area (Å²) < 4.78 is 0. The van der Waals surface area contributed by atoms with Gasteiger partial charge in [0.25, 0.3) is 0 Å². The molecule has 2 saturated heterocycles. The van der Waals surface area contributed by atoms with Gasteiger partial charge in [0.05, 0.1) is 11.6 Å². The van der Waals surface area contributed by atoms with Gasteiger partial charge >= 0.3 is 5.97 Å². The first-order valence-corrected chi connectivity index (χ1v) is 9.69. The highest BCUT2D eigenvalue weighted by Crippen LogP contribution is 2.38. The van der Waals surface area contributed by atoms with Crippen molar-refractivity contribution in [2.75, 3.05) is 18.0 Å². The molecular weight excluding hydrogens is 368 g/mol. The number of nitrogens with zero attached hydrogens (tertiary/aromatic N) is 3. The van der Waals surface area contributed by atoms with Crippen LogP contribution in [0.3, 0.4) is 0 Å². The third kappa shape index (κ3) is 2.81. The molecule has 0 bridgehead atoms. The Morgan fingerprint density at radius 3 is 2.70 bits per heavy atom. The molecule has 1 aromatic rings. The maximum Gasteiger partial charge on any atom is 0.316 e. The average Bonchev–Trinajstić information content (AvgIpc) is 3.05. The van der Waals surface area contributed by atoms with Gasteiger partial charge in [-0.2, -0.15) is 0 Å². The Hall–Kier alpha value is -2.39. The fourth-order valence-electron chi connectivity index (χ4n) is 4.15. The van der Waals surface area contributed by atoms with Crippen molar-refractivity contribution in [3.63, 3.8) is 0 Å². The summed E-state index contributed by atoms with van der Waals surface area (Å²) in [6.45, 7) is 6.36. The molecule has 3 atom stereocenters. The smallest absolute Gasteiger partial charge is 0.316 e. The number of aromatic nitrogens is 1. The number of β-amino-alcohol motifs (C(OH)–C–C–N with tert-alkyl or cyclic N) is 1. The maximum atomic E-state index is 13.0. The maximum absolute atomic E-state index is 13.0. The Bertz CT molecular complexity index is 853. The number of nitrogens with one attached hydrogen (secondary N) is 1. The quantitative estimate of drug-likeness (QED) is 0.650. The lowest BCUT2D eigenvalue weighted by atomic mass is 9.81. The largest absolute Gasteiger partial charge is 0.481 e. The molecule has 0 amide bonds. The molecular formula is C18H22N4O4S. The molecule has 0 aromatic carbocycles. The van der Waals surface area contributed by atoms with Crippen molar-refractivity contribution in [3.05, 3.63) is 34.6 Å². The highest BCUT2D eigenvalue weighted by Gasteiger charge is 2.50. The van der Waals surface area contributed by atoms with Crippen molar-refractivity contribution in [1.82, 2.24) is 15.2 Å². The van der Waals surface area contributed by atoms with Gasteiger partial charge in [0, 0.05) is 30.2 Å². The SMILES string of the molecule is CC1=C2C(=O)C(C(=O)O)C(C)N(c3nccs3)C2NC(N2CC(C)(O)C2)=C1. The number of hydrogen-bond donors (Lipinski definition) is 3. The second kappa shape index (κ2) is 6.07. The molecule has 3 aliphatic rings. The van der Waals surface area contributed by atoms with Gasteiger partial charge in [-0.05, 0) is 32.4 Å². The molecule has 3 unspecified atom stereocenters. The Morgan fingerprint density at radius 2 is 2.15 bits per heavy atom. The first-order valence-electron chi connectivity index (χ1n) is 8.81. The minimum atomic E-state index is -1.14. The van der Waals surface area contributed by atoms with Crippen LogP contribution >= 0.6 is 11.3 Å². The van der Waals surface area contributed by atoms with Gasteiger partial charge in [-0.15, -0.1) is 11.3 Å². The minimum absolute atomic E-state index is 0.358. The Morgan fingerprint density at radius 1 is 1.44 bits per heavy atom. The first kappa shape index (κ1) is 18.0. The first-order chi connectivity index (χ1) is 12.7. The lowest BCUT2D eigenvalue weighted by molar-refractivity contribution is -0.146. The number of rotatable bonds is 3. The third-order valence-electron chi connectivity index (χ3n) is 5.39. The van der Waals surface area contributed by atoms with E-state index in [2.05, 4.69) is 10.3 Å². The van der Waals surface area contributed by atoms with Crippen molar-refractivity contribution in [3.8, 4) is 0 Å². The van der Waals surface area contributed by atoms with Crippen molar-refractivity contribution in [1.29, 1.82) is 0 Å². The van der Waals surface area contributed by atoms with Gasteiger partial charge in [0.15, 0.2) is 10.9 Å². The monoisotopic (exact) mass is 390 g/mol. The molecule has 1 aromatic heterocycles. The van der Waals surface area contributed by atoms with Crippen LogP contribution in [0.15, 0.2) is 34.6 Å². The van der Waals surface area contributed by atoms with Crippen molar-refractivity contribution in [2.45, 2.75) is 38.6 Å². The molecule has 8 nitrogen and oxygen atoms in total. The topological polar surface area (TPSA) is 106 Å². The average molecular weight is 390 g/mol. The molecule has 3 aliphatic heterocycles. The molecule has 27 heavy (non-hydrogen) atoms. The zero-order chi connectivity index (χ0) is 19.5. The van der Waals surface area contributed by atoms with E-state index in [1.165, 1.54) is 11.3 Å². The summed E-state index contributed by atoms with van der Waals surface area (Å²) in [7, 11) is 0. The zero-order valence-electron chi connectivity index (χ0n) is 15.3. The molecule has 9 heteroatoms. The van der Waals surface area contributed by atoms with Gasteiger partial charge in [-0.25, -0.2) is 4.98 Å². The van der Waals surface area contributed by atoms with Gasteiger partial charge in [-0.3, -0.25) is 9.59 Å². The normalized spacial score (nSPS) is 29.7. The van der Waals surface area contributed by atoms with Gasteiger partial charge in [-0.1, -0.05) is 0 Å². The Labute approximate surface area is 160 Å². The number of aliphatic hydroxyl groups is 1. The van der Waals surface area contributed by atoms with Crippen LogP contribution < -0.4 is 10.2 Å². The number of Topliss-reactive ketones (excluding diaryl/α,β-unsaturated/α-hetero) is 1. The fourth-order valence-corrected chi connectivity index (χ4v) is 4.91. The van der Waals surface area contributed by atoms with Gasteiger partial charge < -0.3 is 25.3 Å². The van der Waals surface area contributed by atoms with Crippen molar-refractivity contribution < 1.29 is 19.8 Å². The number of ketones is 1. The van der Waals surface area contributed by atoms with Crippen molar-refractivity contribution in [2.24, 2.45) is 5.92 Å². The predicted molar refractivity (Wildman–Crippen MR) is 100 cm³/mol. The van der Waals surface area contributed by atoms with Crippen LogP contribution in [0.25, 0.3) is 0 Å². The molecule has 0 spiro atoms. The number of hydrogen-bond acceptors (Lipinski definition) is 8. The summed E-state index contributed by atoms with van der Waals surface area (Å²) in [5.74, 6) is -1.80. The van der Waals surface area contributed by atoms with Gasteiger partial charge in [0.1, 0.15) is 17.9 Å². The summed E-state index contributed by atoms with van der Waals surface area (Å²) in [4.78, 5) is 33.1. The van der Waals surface area contributed by atoms with Crippen LogP contribution in [-0.4, -0.2) is 62.7 Å². The van der Waals surface area contributed by atoms with Crippen LogP contribution in [0.4, 0.5) is 5.13 Å². The van der Waals surface area contributed by atoms with E-state index >= 15 is 0 Å². The molecule has 4 heterocycles. The van der Waals surface area contributed by atoms with E-state index in [9.17, 15) is 19.8 Å². The highest BCUT2D eigenvalue weighted by molar-refractivity contribution is 7.13. The molecule has 0 aliphatic carbocycles. The van der Waals surface area contributed by atoms with Crippen LogP contribution in [0.5, 0.6) is 0 Å². The summed E-state index contributed by atoms with van der Waals surface area (Å²) in [5.41, 5.74) is 0.483. The predicted octanol–water partition coefficient (Wildman–Crippen LogP) is 0.775. The van der Waals surface area contributed by atoms with E-state index in [1.807, 2.05) is 28.2 Å². The molecule has 2 fully saturated rings. The summed E-state index contributed by atoms with van der Waals surface area (Å²) in [6.07, 6.45) is 3.04. The molecule has 0 saturated carbocycles. The van der Waals surface area contributed by atoms with Crippen LogP contribution in [0, 0.1) is 5.92 Å². The number of thiazole rings is 1. The number of carboxylic acid groups (broad SMARTS) is 1. The van der Waals surface area contributed by atoms with E-state index in [-0.39, 0.29) is 5.78 Å². The van der Waals surface area contributed by atoms with E-state index in [1.54, 1.807) is 20.0 Å². The number of carboxylic acids is 1. The van der Waals surface area contributed by atoms with Crippen molar-refractivity contribution >= 4 is 28.2 Å². The fraction of sp³-hybridized carbons (Fsp3) is 0.500. The molecule has 0 radical (unpaired) electrons. The highest BCUT2D eigenvalue weighted by atomic mass is 32.1. The number of carbonyl (C=O) groups is 2. The summed E-state index contributed by atoms with van der Waals surface area (Å²) in [6, 6.07) is -0.547. The number of dihydropyridines is 1. The number of aliphatic carboxylic acids is 1. The molecule has 3 N–H and O–H groups in total. The lowest BCUT2D eigenvalue weighted by Gasteiger charge is -2.51. The van der Waals surface area contributed by atoms with E-state index in [0.717, 1.165) is 11.4 Å². The standard InChI is InChI=1S/C18H22N4O4S/c1-9-6-11(21-7-18(3,26)8-21)20-15-12(9)14(23)13(16(24)25)10(2)22(15)17-19-4-5-27-17/h4-6,10,13,15,20,26H,7-8H2,1-3H3,(H,24,25). The number of piperidine rings is 1. The van der Waals surface area contributed by atoms with E-state index in [0.29, 0.717) is 23.8 Å². The number of fused-ring (bicyclic) bond motifs is 1. The molecule has 144 valence electrons. The van der Waals surface area contributed by atoms with Crippen LogP contribution in [0.1, 0.15) is 20.8 Å². The number of carbonyl (C=O) groups excluding carboxylic acids is 1. The Balaban J connectivity index is 1.77. The summed E-state index contributed by atoms with van der Waals surface area (Å²) >= 11 is 1.41. The number of allylic oxidation sites excluding steroid dienone is 2. The second-order valence-electron chi connectivity index (χ2n) is 7.67. The van der Waals surface area contributed by atoms with Crippen LogP contribution in [0.2, 0.25) is 0 Å². The lowest BCUT2D eigenvalue weighted by Crippen LogP contribution is -2.66. The third-order valence-corrected chi connectivity index (χ3v) is 6.18. The zero-order valence-corrected chi connectivity index (χ0v) is 16.2. The summed E-state index contributed by atoms with van der Waals surface area (Å²) in [5, 5.41) is 25.6. The van der Waals surface area contributed by atoms with E-state index in [4.69, 9.17) is 0 Å². The number of anilines is 1. The minimum Gasteiger partial charge on any atom is -0.481 e. The number of likely N-dealkylation sites (tertiary alicyclic amines) is 1. The second-order valence-corrected chi connectivity index (χ2v) is 8.54. The van der Waals surface area contributed by atoms with Crippen LogP contribution in [-0.2, 0) is 9.59 Å².